The van der Waals surface area contributed by atoms with Gasteiger partial charge in [0.25, 0.3) is 0 Å². The number of hydrogen-bond acceptors (Lipinski definition) is 3. The molecule has 5 heteroatoms. The van der Waals surface area contributed by atoms with E-state index in [2.05, 4.69) is 17.4 Å². The van der Waals surface area contributed by atoms with Crippen molar-refractivity contribution in [3.05, 3.63) is 0 Å². The molecule has 5 nitrogen and oxygen atoms in total. The third kappa shape index (κ3) is 3.44. The van der Waals surface area contributed by atoms with Crippen LogP contribution in [0.4, 0.5) is 0 Å². The van der Waals surface area contributed by atoms with Crippen molar-refractivity contribution in [2.45, 2.75) is 71.8 Å². The number of rotatable bonds is 7. The quantitative estimate of drug-likeness (QED) is 0.290. The van der Waals surface area contributed by atoms with E-state index in [4.69, 9.17) is 10.9 Å². The van der Waals surface area contributed by atoms with Crippen molar-refractivity contribution in [2.75, 3.05) is 0 Å². The molecule has 0 bridgehead atoms. The van der Waals surface area contributed by atoms with Crippen LogP contribution in [0.15, 0.2) is 5.16 Å². The van der Waals surface area contributed by atoms with Crippen LogP contribution in [-0.4, -0.2) is 23.0 Å². The van der Waals surface area contributed by atoms with Gasteiger partial charge in [0, 0.05) is 6.04 Å². The summed E-state index contributed by atoms with van der Waals surface area (Å²) in [4.78, 5) is 12.8. The Morgan fingerprint density at radius 2 is 1.95 bits per heavy atom. The average molecular weight is 283 g/mol. The molecule has 1 aliphatic carbocycles. The van der Waals surface area contributed by atoms with Crippen LogP contribution >= 0.6 is 0 Å². The summed E-state index contributed by atoms with van der Waals surface area (Å²) in [7, 11) is 0. The Balaban J connectivity index is 2.92. The first-order chi connectivity index (χ1) is 9.51. The fraction of sp³-hybridized carbons (Fsp3) is 0.867. The molecule has 0 saturated heterocycles. The molecular weight excluding hydrogens is 254 g/mol. The molecule has 0 aromatic rings. The highest BCUT2D eigenvalue weighted by Gasteiger charge is 2.42. The summed E-state index contributed by atoms with van der Waals surface area (Å²) in [6.45, 7) is 6.20. The van der Waals surface area contributed by atoms with E-state index in [9.17, 15) is 4.79 Å². The molecule has 0 heterocycles. The molecule has 1 aliphatic rings. The van der Waals surface area contributed by atoms with Gasteiger partial charge in [0.2, 0.25) is 5.91 Å². The first-order valence-electron chi connectivity index (χ1n) is 7.80. The van der Waals surface area contributed by atoms with Crippen LogP contribution in [0.25, 0.3) is 0 Å². The number of nitrogens with zero attached hydrogens (tertiary/aromatic N) is 1. The SMILES string of the molecule is CCCC(CCC)(C(=O)NC1CCCC1C)C(N)=NO. The molecule has 0 aromatic carbocycles. The third-order valence-electron chi connectivity index (χ3n) is 4.56. The zero-order valence-electron chi connectivity index (χ0n) is 13.0. The number of nitrogens with one attached hydrogen (secondary N) is 1. The standard InChI is InChI=1S/C15H29N3O2/c1-4-9-15(10-5-2,13(16)18-20)14(19)17-12-8-6-7-11(12)3/h11-12,20H,4-10H2,1-3H3,(H2,16,18)(H,17,19). The molecule has 1 amide bonds. The number of nitrogens with two attached hydrogens (primary N) is 1. The molecule has 20 heavy (non-hydrogen) atoms. The molecule has 116 valence electrons. The van der Waals surface area contributed by atoms with Crippen LogP contribution in [0.5, 0.6) is 0 Å². The van der Waals surface area contributed by atoms with Gasteiger partial charge in [-0.1, -0.05) is 45.2 Å². The lowest BCUT2D eigenvalue weighted by Gasteiger charge is -2.32. The van der Waals surface area contributed by atoms with Gasteiger partial charge in [-0.3, -0.25) is 4.79 Å². The highest BCUT2D eigenvalue weighted by molar-refractivity contribution is 6.06. The summed E-state index contributed by atoms with van der Waals surface area (Å²) in [6.07, 6.45) is 6.21. The Morgan fingerprint density at radius 3 is 2.35 bits per heavy atom. The normalized spacial score (nSPS) is 23.9. The minimum atomic E-state index is -0.861. The fourth-order valence-electron chi connectivity index (χ4n) is 3.34. The summed E-state index contributed by atoms with van der Waals surface area (Å²) in [5.41, 5.74) is 5.01. The first kappa shape index (κ1) is 16.8. The van der Waals surface area contributed by atoms with E-state index in [1.165, 1.54) is 0 Å². The highest BCUT2D eigenvalue weighted by atomic mass is 16.4. The molecule has 1 rings (SSSR count). The van der Waals surface area contributed by atoms with E-state index in [-0.39, 0.29) is 17.8 Å². The predicted molar refractivity (Wildman–Crippen MR) is 80.6 cm³/mol. The number of oxime groups is 1. The Bertz CT molecular complexity index is 349. The summed E-state index contributed by atoms with van der Waals surface area (Å²) in [5.74, 6) is 0.479. The maximum absolute atomic E-state index is 12.8. The van der Waals surface area contributed by atoms with Crippen LogP contribution in [0.2, 0.25) is 0 Å². The minimum Gasteiger partial charge on any atom is -0.409 e. The van der Waals surface area contributed by atoms with Crippen molar-refractivity contribution in [1.29, 1.82) is 0 Å². The van der Waals surface area contributed by atoms with Gasteiger partial charge in [-0.2, -0.15) is 0 Å². The van der Waals surface area contributed by atoms with Gasteiger partial charge in [-0.15, -0.1) is 0 Å². The average Bonchev–Trinajstić information content (AvgIpc) is 2.82. The van der Waals surface area contributed by atoms with Crippen molar-refractivity contribution in [3.8, 4) is 0 Å². The first-order valence-corrected chi connectivity index (χ1v) is 7.80. The predicted octanol–water partition coefficient (Wildman–Crippen LogP) is 2.62. The molecule has 0 spiro atoms. The monoisotopic (exact) mass is 283 g/mol. The zero-order chi connectivity index (χ0) is 15.2. The van der Waals surface area contributed by atoms with E-state index in [0.29, 0.717) is 18.8 Å². The summed E-state index contributed by atoms with van der Waals surface area (Å²) in [6, 6.07) is 0.224. The second-order valence-electron chi connectivity index (χ2n) is 6.06. The fourth-order valence-corrected chi connectivity index (χ4v) is 3.34. The number of amides is 1. The highest BCUT2D eigenvalue weighted by Crippen LogP contribution is 2.33. The van der Waals surface area contributed by atoms with Crippen LogP contribution in [0.1, 0.15) is 65.7 Å². The molecule has 2 atom stereocenters. The van der Waals surface area contributed by atoms with Gasteiger partial charge in [0.05, 0.1) is 0 Å². The summed E-state index contributed by atoms with van der Waals surface area (Å²) < 4.78 is 0. The number of carbonyl (C=O) groups excluding carboxylic acids is 1. The Labute approximate surface area is 122 Å². The summed E-state index contributed by atoms with van der Waals surface area (Å²) >= 11 is 0. The second-order valence-corrected chi connectivity index (χ2v) is 6.06. The Morgan fingerprint density at radius 1 is 1.35 bits per heavy atom. The largest absolute Gasteiger partial charge is 0.409 e. The van der Waals surface area contributed by atoms with Crippen LogP contribution in [0, 0.1) is 11.3 Å². The maximum atomic E-state index is 12.8. The molecule has 1 fully saturated rings. The van der Waals surface area contributed by atoms with E-state index in [0.717, 1.165) is 32.1 Å². The van der Waals surface area contributed by atoms with Gasteiger partial charge >= 0.3 is 0 Å². The van der Waals surface area contributed by atoms with E-state index in [1.54, 1.807) is 0 Å². The smallest absolute Gasteiger partial charge is 0.234 e. The van der Waals surface area contributed by atoms with Gasteiger partial charge in [0.1, 0.15) is 5.41 Å². The lowest BCUT2D eigenvalue weighted by molar-refractivity contribution is -0.129. The van der Waals surface area contributed by atoms with Crippen molar-refractivity contribution >= 4 is 11.7 Å². The maximum Gasteiger partial charge on any atom is 0.234 e. The van der Waals surface area contributed by atoms with Crippen LogP contribution in [-0.2, 0) is 4.79 Å². The molecule has 0 radical (unpaired) electrons. The second kappa shape index (κ2) is 7.50. The van der Waals surface area contributed by atoms with E-state index in [1.807, 2.05) is 13.8 Å². The summed E-state index contributed by atoms with van der Waals surface area (Å²) in [5, 5.41) is 15.4. The topological polar surface area (TPSA) is 87.7 Å². The molecule has 4 N–H and O–H groups in total. The zero-order valence-corrected chi connectivity index (χ0v) is 13.0. The van der Waals surface area contributed by atoms with Crippen molar-refractivity contribution in [3.63, 3.8) is 0 Å². The van der Waals surface area contributed by atoms with Gasteiger partial charge < -0.3 is 16.3 Å². The lowest BCUT2D eigenvalue weighted by Crippen LogP contribution is -2.52. The Kier molecular flexibility index (Phi) is 6.30. The number of hydrogen-bond donors (Lipinski definition) is 3. The van der Waals surface area contributed by atoms with Gasteiger partial charge in [-0.25, -0.2) is 0 Å². The number of carbonyl (C=O) groups is 1. The van der Waals surface area contributed by atoms with Crippen LogP contribution < -0.4 is 11.1 Å². The third-order valence-corrected chi connectivity index (χ3v) is 4.56. The van der Waals surface area contributed by atoms with Gasteiger partial charge in [-0.05, 0) is 31.6 Å². The Hall–Kier alpha value is -1.26. The molecule has 0 aliphatic heterocycles. The van der Waals surface area contributed by atoms with Crippen molar-refractivity contribution in [1.82, 2.24) is 5.32 Å². The lowest BCUT2D eigenvalue weighted by atomic mass is 9.76. The van der Waals surface area contributed by atoms with E-state index < -0.39 is 5.41 Å². The van der Waals surface area contributed by atoms with Gasteiger partial charge in [0.15, 0.2) is 5.84 Å². The van der Waals surface area contributed by atoms with Crippen molar-refractivity contribution in [2.24, 2.45) is 22.2 Å². The molecule has 0 aromatic heterocycles. The van der Waals surface area contributed by atoms with Crippen LogP contribution in [0.3, 0.4) is 0 Å². The van der Waals surface area contributed by atoms with Crippen molar-refractivity contribution < 1.29 is 10.0 Å². The molecule has 1 saturated carbocycles. The molecule has 2 unspecified atom stereocenters. The molecular formula is C15H29N3O2. The number of amidine groups is 1. The minimum absolute atomic E-state index is 0.0457. The van der Waals surface area contributed by atoms with E-state index >= 15 is 0 Å².